The summed E-state index contributed by atoms with van der Waals surface area (Å²) in [7, 11) is 1.20. The molecule has 0 bridgehead atoms. The topological polar surface area (TPSA) is 69.7 Å². The average Bonchev–Trinajstić information content (AvgIpc) is 2.22. The van der Waals surface area contributed by atoms with Crippen molar-refractivity contribution in [3.63, 3.8) is 0 Å². The number of thioether (sulfide) groups is 1. The molecule has 0 rings (SSSR count). The van der Waals surface area contributed by atoms with Crippen LogP contribution in [-0.4, -0.2) is 35.5 Å². The van der Waals surface area contributed by atoms with Crippen molar-refractivity contribution in [2.75, 3.05) is 12.9 Å². The molecule has 0 aromatic carbocycles. The fourth-order valence-electron chi connectivity index (χ4n) is 1.03. The maximum Gasteiger partial charge on any atom is 0.331 e. The van der Waals surface area contributed by atoms with Crippen LogP contribution in [0.1, 0.15) is 34.6 Å². The smallest absolute Gasteiger partial charge is 0.331 e. The third-order valence-corrected chi connectivity index (χ3v) is 3.70. The van der Waals surface area contributed by atoms with Crippen LogP contribution in [0.15, 0.2) is 0 Å². The number of hydrogen-bond acceptors (Lipinski definition) is 6. The van der Waals surface area contributed by atoms with Crippen molar-refractivity contribution in [3.05, 3.63) is 0 Å². The summed E-state index contributed by atoms with van der Waals surface area (Å²) in [6.07, 6.45) is 0. The molecule has 0 aliphatic heterocycles. The van der Waals surface area contributed by atoms with E-state index < -0.39 is 23.3 Å². The first-order chi connectivity index (χ1) is 8.03. The normalized spacial score (nSPS) is 14.6. The van der Waals surface area contributed by atoms with Gasteiger partial charge in [0.15, 0.2) is 5.41 Å². The van der Waals surface area contributed by atoms with Crippen LogP contribution >= 0.6 is 11.8 Å². The number of rotatable bonds is 4. The SMILES string of the molecule is COC(=O)C(C)(CSC(C)(C)C)C(=O)OC(C)=O. The van der Waals surface area contributed by atoms with Crippen LogP contribution in [0.25, 0.3) is 0 Å². The van der Waals surface area contributed by atoms with Crippen molar-refractivity contribution < 1.29 is 23.9 Å². The Kier molecular flexibility index (Phi) is 5.86. The van der Waals surface area contributed by atoms with Gasteiger partial charge in [0, 0.05) is 17.4 Å². The van der Waals surface area contributed by atoms with Gasteiger partial charge >= 0.3 is 17.9 Å². The lowest BCUT2D eigenvalue weighted by Gasteiger charge is -2.27. The third kappa shape index (κ3) is 5.08. The molecule has 5 nitrogen and oxygen atoms in total. The maximum atomic E-state index is 11.8. The quantitative estimate of drug-likeness (QED) is 0.576. The van der Waals surface area contributed by atoms with Crippen LogP contribution in [0.2, 0.25) is 0 Å². The Hall–Kier alpha value is -1.04. The van der Waals surface area contributed by atoms with Crippen molar-refractivity contribution >= 4 is 29.7 Å². The Labute approximate surface area is 112 Å². The molecule has 104 valence electrons. The Balaban J connectivity index is 5.00. The molecular weight excluding hydrogens is 256 g/mol. The molecule has 0 radical (unpaired) electrons. The van der Waals surface area contributed by atoms with Gasteiger partial charge in [-0.25, -0.2) is 0 Å². The molecule has 0 amide bonds. The first kappa shape index (κ1) is 17.0. The Morgan fingerprint density at radius 1 is 1.06 bits per heavy atom. The first-order valence-corrected chi connectivity index (χ1v) is 6.46. The highest BCUT2D eigenvalue weighted by Gasteiger charge is 2.45. The molecule has 0 aliphatic carbocycles. The lowest BCUT2D eigenvalue weighted by Crippen LogP contribution is -2.42. The first-order valence-electron chi connectivity index (χ1n) is 5.48. The number of carbonyl (C=O) groups is 3. The number of ether oxygens (including phenoxy) is 2. The summed E-state index contributed by atoms with van der Waals surface area (Å²) >= 11 is 1.43. The number of hydrogen-bond donors (Lipinski definition) is 0. The van der Waals surface area contributed by atoms with E-state index >= 15 is 0 Å². The second kappa shape index (κ2) is 6.22. The molecule has 1 unspecified atom stereocenters. The summed E-state index contributed by atoms with van der Waals surface area (Å²) in [6, 6.07) is 0. The fraction of sp³-hybridized carbons (Fsp3) is 0.750. The van der Waals surface area contributed by atoms with Gasteiger partial charge in [-0.15, -0.1) is 0 Å². The monoisotopic (exact) mass is 276 g/mol. The van der Waals surface area contributed by atoms with Gasteiger partial charge in [0.2, 0.25) is 0 Å². The van der Waals surface area contributed by atoms with Gasteiger partial charge in [-0.3, -0.25) is 14.4 Å². The van der Waals surface area contributed by atoms with E-state index in [1.807, 2.05) is 20.8 Å². The fourth-order valence-corrected chi connectivity index (χ4v) is 1.99. The third-order valence-electron chi connectivity index (χ3n) is 2.12. The molecule has 0 spiro atoms. The van der Waals surface area contributed by atoms with E-state index in [4.69, 9.17) is 0 Å². The second-order valence-electron chi connectivity index (χ2n) is 5.11. The molecule has 18 heavy (non-hydrogen) atoms. The van der Waals surface area contributed by atoms with Crippen molar-refractivity contribution in [1.29, 1.82) is 0 Å². The standard InChI is InChI=1S/C12H20O5S/c1-8(13)17-10(15)12(5,9(14)16-6)7-18-11(2,3)4/h7H2,1-6H3. The van der Waals surface area contributed by atoms with Gasteiger partial charge < -0.3 is 9.47 Å². The summed E-state index contributed by atoms with van der Waals surface area (Å²) in [5, 5.41) is 0. The van der Waals surface area contributed by atoms with E-state index in [9.17, 15) is 14.4 Å². The van der Waals surface area contributed by atoms with Crippen LogP contribution in [-0.2, 0) is 23.9 Å². The zero-order valence-corrected chi connectivity index (χ0v) is 12.5. The molecule has 0 aromatic rings. The summed E-state index contributed by atoms with van der Waals surface area (Å²) in [5.74, 6) is -2.13. The van der Waals surface area contributed by atoms with Crippen LogP contribution < -0.4 is 0 Å². The molecule has 0 N–H and O–H groups in total. The minimum absolute atomic E-state index is 0.119. The Morgan fingerprint density at radius 3 is 1.89 bits per heavy atom. The lowest BCUT2D eigenvalue weighted by molar-refractivity contribution is -0.172. The van der Waals surface area contributed by atoms with Crippen molar-refractivity contribution in [2.24, 2.45) is 5.41 Å². The number of methoxy groups -OCH3 is 1. The minimum atomic E-state index is -1.47. The van der Waals surface area contributed by atoms with Crippen molar-refractivity contribution in [1.82, 2.24) is 0 Å². The van der Waals surface area contributed by atoms with E-state index in [2.05, 4.69) is 9.47 Å². The highest BCUT2D eigenvalue weighted by atomic mass is 32.2. The minimum Gasteiger partial charge on any atom is -0.468 e. The van der Waals surface area contributed by atoms with E-state index in [-0.39, 0.29) is 10.5 Å². The lowest BCUT2D eigenvalue weighted by atomic mass is 9.94. The molecule has 0 saturated carbocycles. The molecule has 0 saturated heterocycles. The molecule has 1 atom stereocenters. The van der Waals surface area contributed by atoms with E-state index in [1.165, 1.54) is 25.8 Å². The van der Waals surface area contributed by atoms with E-state index in [1.54, 1.807) is 0 Å². The van der Waals surface area contributed by atoms with Gasteiger partial charge in [0.25, 0.3) is 0 Å². The van der Waals surface area contributed by atoms with Gasteiger partial charge in [-0.05, 0) is 6.92 Å². The zero-order chi connectivity index (χ0) is 14.6. The van der Waals surface area contributed by atoms with Crippen LogP contribution in [0.4, 0.5) is 0 Å². The summed E-state index contributed by atoms with van der Waals surface area (Å²) in [6.45, 7) is 8.43. The highest BCUT2D eigenvalue weighted by Crippen LogP contribution is 2.33. The van der Waals surface area contributed by atoms with Gasteiger partial charge in [-0.1, -0.05) is 20.8 Å². The van der Waals surface area contributed by atoms with Crippen LogP contribution in [0, 0.1) is 5.41 Å². The van der Waals surface area contributed by atoms with Gasteiger partial charge in [0.1, 0.15) is 0 Å². The number of esters is 3. The maximum absolute atomic E-state index is 11.8. The van der Waals surface area contributed by atoms with Crippen molar-refractivity contribution in [3.8, 4) is 0 Å². The summed E-state index contributed by atoms with van der Waals surface area (Å²) in [5.41, 5.74) is -1.47. The number of carbonyl (C=O) groups excluding carboxylic acids is 3. The highest BCUT2D eigenvalue weighted by molar-refractivity contribution is 8.00. The molecule has 0 fully saturated rings. The van der Waals surface area contributed by atoms with Gasteiger partial charge in [0.05, 0.1) is 7.11 Å². The molecule has 0 aliphatic rings. The Bertz CT molecular complexity index is 345. The predicted octanol–water partition coefficient (Wildman–Crippen LogP) is 1.79. The van der Waals surface area contributed by atoms with Crippen molar-refractivity contribution in [2.45, 2.75) is 39.4 Å². The molecule has 0 heterocycles. The summed E-state index contributed by atoms with van der Waals surface area (Å²) in [4.78, 5) is 34.4. The van der Waals surface area contributed by atoms with E-state index in [0.717, 1.165) is 6.92 Å². The largest absolute Gasteiger partial charge is 0.468 e. The summed E-state index contributed by atoms with van der Waals surface area (Å²) < 4.78 is 9.01. The predicted molar refractivity (Wildman–Crippen MR) is 69.1 cm³/mol. The molecular formula is C12H20O5S. The van der Waals surface area contributed by atoms with E-state index in [0.29, 0.717) is 0 Å². The van der Waals surface area contributed by atoms with Gasteiger partial charge in [-0.2, -0.15) is 11.8 Å². The van der Waals surface area contributed by atoms with Crippen LogP contribution in [0.5, 0.6) is 0 Å². The van der Waals surface area contributed by atoms with Crippen LogP contribution in [0.3, 0.4) is 0 Å². The second-order valence-corrected chi connectivity index (χ2v) is 6.91. The zero-order valence-electron chi connectivity index (χ0n) is 11.7. The average molecular weight is 276 g/mol. The molecule has 0 aromatic heterocycles. The Morgan fingerprint density at radius 2 is 1.56 bits per heavy atom. The molecule has 6 heteroatoms.